The number of esters is 1. The van der Waals surface area contributed by atoms with E-state index >= 15 is 4.79 Å². The lowest BCUT2D eigenvalue weighted by Crippen LogP contribution is -2.69. The summed E-state index contributed by atoms with van der Waals surface area (Å²) >= 11 is 0. The molecular formula is C42H66O15. The van der Waals surface area contributed by atoms with Crippen molar-refractivity contribution in [3.05, 3.63) is 11.6 Å². The van der Waals surface area contributed by atoms with Gasteiger partial charge in [0.2, 0.25) is 6.29 Å². The molecule has 2 saturated heterocycles. The zero-order valence-corrected chi connectivity index (χ0v) is 34.1. The third-order valence-electron chi connectivity index (χ3n) is 17.4. The molecule has 7 rings (SSSR count). The number of ether oxygens (including phenoxy) is 4. The van der Waals surface area contributed by atoms with Crippen molar-refractivity contribution in [1.82, 2.24) is 0 Å². The Morgan fingerprint density at radius 1 is 0.737 bits per heavy atom. The molecule has 15 nitrogen and oxygen atoms in total. The van der Waals surface area contributed by atoms with Gasteiger partial charge >= 0.3 is 11.9 Å². The molecule has 0 radical (unpaired) electrons. The van der Waals surface area contributed by atoms with Gasteiger partial charge in [-0.15, -0.1) is 0 Å². The van der Waals surface area contributed by atoms with Crippen LogP contribution in [0.3, 0.4) is 0 Å². The molecule has 20 atom stereocenters. The first kappa shape index (κ1) is 43.3. The summed E-state index contributed by atoms with van der Waals surface area (Å²) in [5, 5.41) is 94.6. The van der Waals surface area contributed by atoms with Gasteiger partial charge < -0.3 is 64.9 Å². The first-order valence-corrected chi connectivity index (χ1v) is 21.1. The van der Waals surface area contributed by atoms with E-state index < -0.39 is 120 Å². The highest BCUT2D eigenvalue weighted by atomic mass is 16.7. The van der Waals surface area contributed by atoms with E-state index in [2.05, 4.69) is 47.6 Å². The van der Waals surface area contributed by atoms with Crippen LogP contribution >= 0.6 is 0 Å². The topological polar surface area (TPSA) is 253 Å². The summed E-state index contributed by atoms with van der Waals surface area (Å²) in [5.41, 5.74) is -3.29. The second-order valence-electron chi connectivity index (χ2n) is 20.0. The molecule has 9 N–H and O–H groups in total. The molecule has 2 heterocycles. The molecule has 7 aliphatic rings. The summed E-state index contributed by atoms with van der Waals surface area (Å²) in [6, 6.07) is 0. The fraction of sp³-hybridized carbons (Fsp3) is 0.905. The van der Waals surface area contributed by atoms with E-state index in [9.17, 15) is 50.8 Å². The Morgan fingerprint density at radius 3 is 1.93 bits per heavy atom. The van der Waals surface area contributed by atoms with E-state index in [0.717, 1.165) is 12.0 Å². The summed E-state index contributed by atoms with van der Waals surface area (Å²) in [5.74, 6) is -1.94. The number of carboxylic acid groups (broad SMARTS) is 1. The van der Waals surface area contributed by atoms with E-state index in [-0.39, 0.29) is 41.9 Å². The van der Waals surface area contributed by atoms with Crippen LogP contribution in [0.15, 0.2) is 11.6 Å². The lowest BCUT2D eigenvalue weighted by molar-refractivity contribution is -0.330. The van der Waals surface area contributed by atoms with Crippen molar-refractivity contribution >= 4 is 11.9 Å². The molecule has 57 heavy (non-hydrogen) atoms. The molecule has 324 valence electrons. The molecule has 5 aliphatic carbocycles. The summed E-state index contributed by atoms with van der Waals surface area (Å²) in [6.45, 7) is 11.6. The highest BCUT2D eigenvalue weighted by Crippen LogP contribution is 2.76. The maximum absolute atomic E-state index is 15.4. The van der Waals surface area contributed by atoms with Gasteiger partial charge in [-0.2, -0.15) is 0 Å². The third kappa shape index (κ3) is 6.14. The van der Waals surface area contributed by atoms with Crippen molar-refractivity contribution in [3.63, 3.8) is 0 Å². The maximum Gasteiger partial charge on any atom is 0.319 e. The number of hydrogen-bond acceptors (Lipinski definition) is 14. The number of hydrogen-bond donors (Lipinski definition) is 9. The quantitative estimate of drug-likeness (QED) is 0.0997. The van der Waals surface area contributed by atoms with Crippen molar-refractivity contribution in [3.8, 4) is 0 Å². The predicted molar refractivity (Wildman–Crippen MR) is 199 cm³/mol. The number of rotatable bonds is 7. The van der Waals surface area contributed by atoms with E-state index in [1.54, 1.807) is 0 Å². The summed E-state index contributed by atoms with van der Waals surface area (Å²) in [6.07, 6.45) is -8.78. The molecule has 0 aromatic rings. The largest absolute Gasteiger partial charge is 0.481 e. The molecule has 4 saturated carbocycles. The van der Waals surface area contributed by atoms with Crippen molar-refractivity contribution in [2.24, 2.45) is 56.7 Å². The first-order chi connectivity index (χ1) is 26.7. The van der Waals surface area contributed by atoms with E-state index in [4.69, 9.17) is 18.9 Å². The molecule has 0 aromatic carbocycles. The predicted octanol–water partition coefficient (Wildman–Crippen LogP) is 1.24. The Hall–Kier alpha value is -1.76. The van der Waals surface area contributed by atoms with Crippen LogP contribution < -0.4 is 0 Å². The first-order valence-electron chi connectivity index (χ1n) is 21.1. The Labute approximate surface area is 334 Å². The summed E-state index contributed by atoms with van der Waals surface area (Å²) < 4.78 is 24.1. The van der Waals surface area contributed by atoms with Crippen LogP contribution in [0, 0.1) is 56.7 Å². The monoisotopic (exact) mass is 810 g/mol. The van der Waals surface area contributed by atoms with Crippen LogP contribution in [0.25, 0.3) is 0 Å². The molecule has 6 fully saturated rings. The average molecular weight is 811 g/mol. The van der Waals surface area contributed by atoms with Crippen LogP contribution in [0.2, 0.25) is 0 Å². The Morgan fingerprint density at radius 2 is 1.33 bits per heavy atom. The van der Waals surface area contributed by atoms with Gasteiger partial charge in [0, 0.05) is 0 Å². The normalized spacial score (nSPS) is 53.3. The van der Waals surface area contributed by atoms with Crippen molar-refractivity contribution in [1.29, 1.82) is 0 Å². The summed E-state index contributed by atoms with van der Waals surface area (Å²) in [7, 11) is 0. The fourth-order valence-corrected chi connectivity index (χ4v) is 13.9. The molecular weight excluding hydrogens is 744 g/mol. The smallest absolute Gasteiger partial charge is 0.319 e. The van der Waals surface area contributed by atoms with Crippen LogP contribution in [0.4, 0.5) is 0 Å². The highest BCUT2D eigenvalue weighted by Gasteiger charge is 2.74. The Bertz CT molecular complexity index is 1570. The van der Waals surface area contributed by atoms with Gasteiger partial charge in [-0.25, -0.2) is 0 Å². The fourth-order valence-electron chi connectivity index (χ4n) is 13.9. The lowest BCUT2D eigenvalue weighted by atomic mass is 9.33. The minimum absolute atomic E-state index is 0.0375. The number of carboxylic acids is 1. The van der Waals surface area contributed by atoms with E-state index in [1.165, 1.54) is 0 Å². The van der Waals surface area contributed by atoms with Crippen LogP contribution in [-0.4, -0.2) is 139 Å². The molecule has 15 heteroatoms. The second kappa shape index (κ2) is 15.0. The SMILES string of the molecule is C[C@H]1[C@H](C)CC[C@]2(C(=O)O)CC[C@]3(C(=O)O[C@@H]4O[C@H](CO)[C@@H](O)[C@H](O)[C@H]4O)C(=CC[C@@H]4[C@@]5(C)CC[C@H](O[C@@H]6O[C@H](CO)[C@@H](O)[C@H](O)[C@H]6O)C(C)(C)[C@@H]5CC[C@]43C)[C@@H]12. The number of allylic oxidation sites excluding steroid dienone is 1. The molecule has 0 amide bonds. The van der Waals surface area contributed by atoms with Crippen molar-refractivity contribution in [2.75, 3.05) is 13.2 Å². The van der Waals surface area contributed by atoms with Crippen LogP contribution in [-0.2, 0) is 28.5 Å². The molecule has 0 unspecified atom stereocenters. The number of carbonyl (C=O) groups excluding carboxylic acids is 1. The second-order valence-corrected chi connectivity index (χ2v) is 20.0. The van der Waals surface area contributed by atoms with Gasteiger partial charge in [-0.3, -0.25) is 9.59 Å². The Balaban J connectivity index is 1.27. The van der Waals surface area contributed by atoms with E-state index in [0.29, 0.717) is 38.5 Å². The van der Waals surface area contributed by atoms with Crippen LogP contribution in [0.1, 0.15) is 99.3 Å². The van der Waals surface area contributed by atoms with Crippen molar-refractivity contribution in [2.45, 2.75) is 167 Å². The molecule has 0 bridgehead atoms. The van der Waals surface area contributed by atoms with Gasteiger partial charge in [0.1, 0.15) is 48.8 Å². The molecule has 0 spiro atoms. The van der Waals surface area contributed by atoms with Gasteiger partial charge in [0.15, 0.2) is 6.29 Å². The number of fused-ring (bicyclic) bond motifs is 7. The van der Waals surface area contributed by atoms with Crippen LogP contribution in [0.5, 0.6) is 0 Å². The summed E-state index contributed by atoms with van der Waals surface area (Å²) in [4.78, 5) is 28.8. The average Bonchev–Trinajstić information content (AvgIpc) is 3.16. The number of aliphatic hydroxyl groups excluding tert-OH is 8. The number of carbonyl (C=O) groups is 2. The van der Waals surface area contributed by atoms with Gasteiger partial charge in [0.25, 0.3) is 0 Å². The standard InChI is InChI=1S/C42H66O15/c1-19-9-14-41(36(51)52)15-16-42(37(53)57-35-33(50)31(48)29(46)23(18-44)55-35)21(27(41)20(19)2)7-8-25-39(5)12-11-26(38(3,4)24(39)10-13-40(25,42)6)56-34-32(49)30(47)28(45)22(17-43)54-34/h7,19-20,22-35,43-50H,8-18H2,1-6H3,(H,51,52)/t19-,20+,22-,23-,24+,25-,26+,27-,28-,29-,30+,31+,32-,33-,34+,35+,39+,40-,41+,42-/m1/s1. The molecule has 2 aliphatic heterocycles. The van der Waals surface area contributed by atoms with E-state index in [1.807, 2.05) is 0 Å². The van der Waals surface area contributed by atoms with Gasteiger partial charge in [-0.05, 0) is 104 Å². The van der Waals surface area contributed by atoms with Gasteiger partial charge in [0.05, 0.1) is 30.1 Å². The van der Waals surface area contributed by atoms with Gasteiger partial charge in [-0.1, -0.05) is 53.2 Å². The highest BCUT2D eigenvalue weighted by molar-refractivity contribution is 5.85. The lowest BCUT2D eigenvalue weighted by Gasteiger charge is -2.71. The zero-order valence-electron chi connectivity index (χ0n) is 34.1. The zero-order chi connectivity index (χ0) is 41.8. The maximum atomic E-state index is 15.4. The Kier molecular flexibility index (Phi) is 11.4. The number of aliphatic carboxylic acids is 1. The third-order valence-corrected chi connectivity index (χ3v) is 17.4. The number of aliphatic hydroxyl groups is 8. The minimum atomic E-state index is -1.80. The molecule has 0 aromatic heterocycles. The van der Waals surface area contributed by atoms with Crippen molar-refractivity contribution < 1.29 is 74.5 Å². The minimum Gasteiger partial charge on any atom is -0.481 e.